The largest absolute Gasteiger partial charge is 0.365 e. The van der Waals surface area contributed by atoms with Crippen LogP contribution in [0.25, 0.3) is 0 Å². The van der Waals surface area contributed by atoms with Gasteiger partial charge in [-0.3, -0.25) is 9.59 Å². The molecule has 1 aromatic heterocycles. The van der Waals surface area contributed by atoms with Crippen LogP contribution in [0.3, 0.4) is 0 Å². The topological polar surface area (TPSA) is 66.6 Å². The minimum absolute atomic E-state index is 0.0512. The van der Waals surface area contributed by atoms with Gasteiger partial charge in [0.05, 0.1) is 9.75 Å². The third kappa shape index (κ3) is 2.70. The van der Waals surface area contributed by atoms with E-state index in [-0.39, 0.29) is 5.91 Å². The second-order valence-electron chi connectivity index (χ2n) is 5.93. The quantitative estimate of drug-likeness (QED) is 0.921. The molecule has 2 amide bonds. The summed E-state index contributed by atoms with van der Waals surface area (Å²) in [5.74, 6) is -0.414. The van der Waals surface area contributed by atoms with Crippen molar-refractivity contribution < 1.29 is 9.59 Å². The summed E-state index contributed by atoms with van der Waals surface area (Å²) in [4.78, 5) is 29.3. The number of carbonyl (C=O) groups excluding carboxylic acids is 2. The van der Waals surface area contributed by atoms with Crippen LogP contribution in [0.5, 0.6) is 0 Å². The number of primary amides is 1. The lowest BCUT2D eigenvalue weighted by Crippen LogP contribution is -2.46. The maximum absolute atomic E-state index is 12.7. The molecular weight excluding hydrogens is 286 g/mol. The van der Waals surface area contributed by atoms with Gasteiger partial charge in [-0.25, -0.2) is 0 Å². The van der Waals surface area contributed by atoms with E-state index >= 15 is 0 Å². The monoisotopic (exact) mass is 307 g/mol. The molecule has 0 aromatic carbocycles. The highest BCUT2D eigenvalue weighted by molar-refractivity contribution is 7.15. The van der Waals surface area contributed by atoms with Gasteiger partial charge in [0.25, 0.3) is 11.8 Å². The second kappa shape index (κ2) is 5.77. The number of likely N-dealkylation sites (tertiary alicyclic amines) is 2. The highest BCUT2D eigenvalue weighted by Crippen LogP contribution is 2.31. The van der Waals surface area contributed by atoms with Crippen LogP contribution in [0.1, 0.15) is 45.0 Å². The Morgan fingerprint density at radius 3 is 2.43 bits per heavy atom. The molecule has 1 aromatic rings. The molecule has 6 heteroatoms. The molecule has 114 valence electrons. The summed E-state index contributed by atoms with van der Waals surface area (Å²) in [7, 11) is 2.15. The zero-order valence-electron chi connectivity index (χ0n) is 12.2. The predicted octanol–water partition coefficient (Wildman–Crippen LogP) is 1.55. The van der Waals surface area contributed by atoms with Crippen LogP contribution in [0.2, 0.25) is 0 Å². The molecule has 21 heavy (non-hydrogen) atoms. The van der Waals surface area contributed by atoms with E-state index in [2.05, 4.69) is 11.9 Å². The standard InChI is InChI=1S/C15H21N3O2S/c1-17-8-2-4-10(17)11-5-3-9-18(11)15(20)13-7-6-12(21-13)14(16)19/h6-7,10-11H,2-5,8-9H2,1H3,(H2,16,19)/t10-,11-/m0/s1. The Kier molecular flexibility index (Phi) is 3.99. The van der Waals surface area contributed by atoms with E-state index < -0.39 is 5.91 Å². The first kappa shape index (κ1) is 14.5. The fourth-order valence-electron chi connectivity index (χ4n) is 3.59. The number of nitrogens with zero attached hydrogens (tertiary/aromatic N) is 2. The number of hydrogen-bond donors (Lipinski definition) is 1. The maximum atomic E-state index is 12.7. The minimum atomic E-state index is -0.465. The normalized spacial score (nSPS) is 26.4. The van der Waals surface area contributed by atoms with Crippen LogP contribution in [-0.4, -0.2) is 53.8 Å². The van der Waals surface area contributed by atoms with Crippen molar-refractivity contribution in [3.8, 4) is 0 Å². The highest BCUT2D eigenvalue weighted by atomic mass is 32.1. The molecule has 2 saturated heterocycles. The second-order valence-corrected chi connectivity index (χ2v) is 7.01. The van der Waals surface area contributed by atoms with Crippen molar-refractivity contribution in [2.24, 2.45) is 5.73 Å². The van der Waals surface area contributed by atoms with Gasteiger partial charge in [-0.1, -0.05) is 0 Å². The molecule has 2 aliphatic heterocycles. The number of carbonyl (C=O) groups is 2. The van der Waals surface area contributed by atoms with Crippen LogP contribution in [-0.2, 0) is 0 Å². The third-order valence-electron chi connectivity index (χ3n) is 4.64. The lowest BCUT2D eigenvalue weighted by molar-refractivity contribution is 0.0669. The number of hydrogen-bond acceptors (Lipinski definition) is 4. The van der Waals surface area contributed by atoms with E-state index in [9.17, 15) is 9.59 Å². The molecule has 2 aliphatic rings. The molecule has 2 N–H and O–H groups in total. The van der Waals surface area contributed by atoms with Gasteiger partial charge in [-0.15, -0.1) is 11.3 Å². The average Bonchev–Trinajstić information content (AvgIpc) is 3.17. The van der Waals surface area contributed by atoms with Crippen LogP contribution in [0, 0.1) is 0 Å². The highest BCUT2D eigenvalue weighted by Gasteiger charge is 2.38. The van der Waals surface area contributed by atoms with Gasteiger partial charge in [-0.05, 0) is 51.4 Å². The Morgan fingerprint density at radius 2 is 1.81 bits per heavy atom. The van der Waals surface area contributed by atoms with Crippen LogP contribution >= 0.6 is 11.3 Å². The number of rotatable bonds is 3. The summed E-state index contributed by atoms with van der Waals surface area (Å²) in [6.07, 6.45) is 4.52. The van der Waals surface area contributed by atoms with Gasteiger partial charge >= 0.3 is 0 Å². The number of thiophene rings is 1. The summed E-state index contributed by atoms with van der Waals surface area (Å²) >= 11 is 1.20. The molecule has 3 heterocycles. The third-order valence-corrected chi connectivity index (χ3v) is 5.73. The number of likely N-dealkylation sites (N-methyl/N-ethyl adjacent to an activating group) is 1. The first-order valence-electron chi connectivity index (χ1n) is 7.49. The summed E-state index contributed by atoms with van der Waals surface area (Å²) in [5.41, 5.74) is 5.27. The van der Waals surface area contributed by atoms with Crippen molar-refractivity contribution in [2.75, 3.05) is 20.1 Å². The summed E-state index contributed by atoms with van der Waals surface area (Å²) < 4.78 is 0. The fourth-order valence-corrected chi connectivity index (χ4v) is 4.41. The SMILES string of the molecule is CN1CCC[C@H]1[C@@H]1CCCN1C(=O)c1ccc(C(N)=O)s1. The molecule has 0 spiro atoms. The van der Waals surface area contributed by atoms with Gasteiger partial charge in [0.1, 0.15) is 0 Å². The van der Waals surface area contributed by atoms with Gasteiger partial charge < -0.3 is 15.5 Å². The molecule has 0 aliphatic carbocycles. The van der Waals surface area contributed by atoms with Crippen LogP contribution < -0.4 is 5.73 Å². The molecule has 2 atom stereocenters. The van der Waals surface area contributed by atoms with E-state index in [0.717, 1.165) is 25.9 Å². The molecule has 0 radical (unpaired) electrons. The maximum Gasteiger partial charge on any atom is 0.264 e. The zero-order valence-corrected chi connectivity index (χ0v) is 13.1. The first-order chi connectivity index (χ1) is 10.1. The van der Waals surface area contributed by atoms with E-state index in [1.165, 1.54) is 24.2 Å². The molecule has 0 saturated carbocycles. The number of nitrogens with two attached hydrogens (primary N) is 1. The van der Waals surface area contributed by atoms with Crippen molar-refractivity contribution in [1.82, 2.24) is 9.80 Å². The average molecular weight is 307 g/mol. The Morgan fingerprint density at radius 1 is 1.14 bits per heavy atom. The molecule has 0 bridgehead atoms. The Bertz CT molecular complexity index is 557. The summed E-state index contributed by atoms with van der Waals surface area (Å²) in [6, 6.07) is 4.16. The summed E-state index contributed by atoms with van der Waals surface area (Å²) in [5, 5.41) is 0. The van der Waals surface area contributed by atoms with E-state index in [4.69, 9.17) is 5.73 Å². The van der Waals surface area contributed by atoms with Crippen LogP contribution in [0.4, 0.5) is 0 Å². The molecule has 3 rings (SSSR count). The van der Waals surface area contributed by atoms with E-state index in [0.29, 0.717) is 21.8 Å². The van der Waals surface area contributed by atoms with Crippen LogP contribution in [0.15, 0.2) is 12.1 Å². The molecular formula is C15H21N3O2S. The van der Waals surface area contributed by atoms with Gasteiger partial charge in [0, 0.05) is 18.6 Å². The summed E-state index contributed by atoms with van der Waals surface area (Å²) in [6.45, 7) is 1.94. The number of amides is 2. The van der Waals surface area contributed by atoms with Gasteiger partial charge in [0.2, 0.25) is 0 Å². The Hall–Kier alpha value is -1.40. The van der Waals surface area contributed by atoms with Crippen molar-refractivity contribution >= 4 is 23.2 Å². The smallest absolute Gasteiger partial charge is 0.264 e. The van der Waals surface area contributed by atoms with E-state index in [1.54, 1.807) is 12.1 Å². The van der Waals surface area contributed by atoms with Crippen molar-refractivity contribution in [1.29, 1.82) is 0 Å². The molecule has 2 fully saturated rings. The predicted molar refractivity (Wildman–Crippen MR) is 82.5 cm³/mol. The van der Waals surface area contributed by atoms with Crippen molar-refractivity contribution in [3.05, 3.63) is 21.9 Å². The molecule has 0 unspecified atom stereocenters. The van der Waals surface area contributed by atoms with Gasteiger partial charge in [0.15, 0.2) is 0 Å². The first-order valence-corrected chi connectivity index (χ1v) is 8.30. The zero-order chi connectivity index (χ0) is 15.0. The minimum Gasteiger partial charge on any atom is -0.365 e. The Balaban J connectivity index is 1.77. The van der Waals surface area contributed by atoms with E-state index in [1.807, 2.05) is 4.90 Å². The molecule has 5 nitrogen and oxygen atoms in total. The van der Waals surface area contributed by atoms with Crippen molar-refractivity contribution in [3.63, 3.8) is 0 Å². The van der Waals surface area contributed by atoms with Gasteiger partial charge in [-0.2, -0.15) is 0 Å². The van der Waals surface area contributed by atoms with Crippen molar-refractivity contribution in [2.45, 2.75) is 37.8 Å². The fraction of sp³-hybridized carbons (Fsp3) is 0.600. The lowest BCUT2D eigenvalue weighted by atomic mass is 10.0. The Labute approximate surface area is 128 Å². The lowest BCUT2D eigenvalue weighted by Gasteiger charge is -2.33.